The standard InChI is InChI=1S/C23H24ClN5O3/c1-16-20(17(2)28(25-16)19-9-7-18(24)8-10-19)15-23(30)27-13-11-26(12-14-27)21-5-3-4-6-22(21)29(31)32/h3-10H,11-15H2,1-2H3. The molecule has 0 bridgehead atoms. The summed E-state index contributed by atoms with van der Waals surface area (Å²) in [5.41, 5.74) is 4.26. The fourth-order valence-electron chi connectivity index (χ4n) is 4.11. The molecule has 1 aliphatic rings. The molecular formula is C23H24ClN5O3. The molecule has 2 aromatic carbocycles. The molecule has 2 heterocycles. The summed E-state index contributed by atoms with van der Waals surface area (Å²) < 4.78 is 1.83. The van der Waals surface area contributed by atoms with Crippen molar-refractivity contribution in [3.8, 4) is 5.69 Å². The molecule has 0 unspecified atom stereocenters. The quantitative estimate of drug-likeness (QED) is 0.431. The summed E-state index contributed by atoms with van der Waals surface area (Å²) in [6, 6.07) is 14.2. The molecule has 1 aliphatic heterocycles. The molecule has 1 fully saturated rings. The van der Waals surface area contributed by atoms with E-state index in [1.807, 2.05) is 52.6 Å². The van der Waals surface area contributed by atoms with Crippen LogP contribution in [0, 0.1) is 24.0 Å². The molecule has 1 aromatic heterocycles. The van der Waals surface area contributed by atoms with Gasteiger partial charge >= 0.3 is 0 Å². The molecule has 0 radical (unpaired) electrons. The number of hydrogen-bond donors (Lipinski definition) is 0. The van der Waals surface area contributed by atoms with Crippen LogP contribution in [-0.2, 0) is 11.2 Å². The van der Waals surface area contributed by atoms with Crippen molar-refractivity contribution in [1.29, 1.82) is 0 Å². The fraction of sp³-hybridized carbons (Fsp3) is 0.304. The number of nitro groups is 1. The van der Waals surface area contributed by atoms with Gasteiger partial charge in [0.25, 0.3) is 5.69 Å². The Morgan fingerprint density at radius 1 is 1.06 bits per heavy atom. The summed E-state index contributed by atoms with van der Waals surface area (Å²) in [4.78, 5) is 27.8. The molecule has 0 N–H and O–H groups in total. The van der Waals surface area contributed by atoms with Crippen LogP contribution in [0.25, 0.3) is 5.69 Å². The largest absolute Gasteiger partial charge is 0.362 e. The first-order valence-corrected chi connectivity index (χ1v) is 10.8. The fourth-order valence-corrected chi connectivity index (χ4v) is 4.24. The third-order valence-corrected chi connectivity index (χ3v) is 6.14. The number of anilines is 1. The molecule has 0 aliphatic carbocycles. The van der Waals surface area contributed by atoms with Crippen LogP contribution in [0.5, 0.6) is 0 Å². The van der Waals surface area contributed by atoms with E-state index in [0.717, 1.165) is 22.6 Å². The number of nitro benzene ring substituents is 1. The van der Waals surface area contributed by atoms with Crippen LogP contribution in [0.4, 0.5) is 11.4 Å². The molecule has 3 aromatic rings. The number of carbonyl (C=O) groups is 1. The van der Waals surface area contributed by atoms with E-state index < -0.39 is 0 Å². The van der Waals surface area contributed by atoms with Crippen molar-refractivity contribution < 1.29 is 9.72 Å². The topological polar surface area (TPSA) is 84.5 Å². The molecule has 9 heteroatoms. The van der Waals surface area contributed by atoms with E-state index in [1.165, 1.54) is 6.07 Å². The smallest absolute Gasteiger partial charge is 0.292 e. The third kappa shape index (κ3) is 4.31. The summed E-state index contributed by atoms with van der Waals surface area (Å²) >= 11 is 5.99. The maximum atomic E-state index is 13.0. The highest BCUT2D eigenvalue weighted by Crippen LogP contribution is 2.28. The first-order valence-electron chi connectivity index (χ1n) is 10.4. The minimum absolute atomic E-state index is 0.0362. The Labute approximate surface area is 191 Å². The minimum Gasteiger partial charge on any atom is -0.362 e. The Balaban J connectivity index is 1.44. The van der Waals surface area contributed by atoms with E-state index in [9.17, 15) is 14.9 Å². The SMILES string of the molecule is Cc1nn(-c2ccc(Cl)cc2)c(C)c1CC(=O)N1CCN(c2ccccc2[N+](=O)[O-])CC1. The highest BCUT2D eigenvalue weighted by molar-refractivity contribution is 6.30. The number of piperazine rings is 1. The zero-order valence-corrected chi connectivity index (χ0v) is 18.7. The van der Waals surface area contributed by atoms with Crippen LogP contribution in [0.3, 0.4) is 0 Å². The average Bonchev–Trinajstić information content (AvgIpc) is 3.08. The van der Waals surface area contributed by atoms with E-state index in [4.69, 9.17) is 11.6 Å². The number of aromatic nitrogens is 2. The molecule has 0 spiro atoms. The lowest BCUT2D eigenvalue weighted by molar-refractivity contribution is -0.384. The van der Waals surface area contributed by atoms with Crippen LogP contribution < -0.4 is 4.90 Å². The number of aryl methyl sites for hydroxylation is 1. The second-order valence-electron chi connectivity index (χ2n) is 7.83. The van der Waals surface area contributed by atoms with Gasteiger partial charge in [-0.2, -0.15) is 5.10 Å². The van der Waals surface area contributed by atoms with Gasteiger partial charge in [0.05, 0.1) is 22.7 Å². The maximum absolute atomic E-state index is 13.0. The van der Waals surface area contributed by atoms with Gasteiger partial charge in [-0.3, -0.25) is 14.9 Å². The van der Waals surface area contributed by atoms with Crippen LogP contribution in [0.15, 0.2) is 48.5 Å². The molecular weight excluding hydrogens is 430 g/mol. The molecule has 1 amide bonds. The number of nitrogens with zero attached hydrogens (tertiary/aromatic N) is 5. The minimum atomic E-state index is -0.364. The summed E-state index contributed by atoms with van der Waals surface area (Å²) in [7, 11) is 0. The lowest BCUT2D eigenvalue weighted by atomic mass is 10.1. The van der Waals surface area contributed by atoms with Crippen molar-refractivity contribution in [2.75, 3.05) is 31.1 Å². The molecule has 8 nitrogen and oxygen atoms in total. The number of rotatable bonds is 5. The molecule has 166 valence electrons. The first kappa shape index (κ1) is 21.8. The molecule has 0 atom stereocenters. The zero-order valence-electron chi connectivity index (χ0n) is 18.0. The number of amides is 1. The van der Waals surface area contributed by atoms with Crippen molar-refractivity contribution in [3.63, 3.8) is 0 Å². The van der Waals surface area contributed by atoms with Gasteiger partial charge in [-0.15, -0.1) is 0 Å². The Hall–Kier alpha value is -3.39. The third-order valence-electron chi connectivity index (χ3n) is 5.89. The highest BCUT2D eigenvalue weighted by Gasteiger charge is 2.26. The Kier molecular flexibility index (Phi) is 6.14. The summed E-state index contributed by atoms with van der Waals surface area (Å²) in [5, 5.41) is 16.6. The van der Waals surface area contributed by atoms with Gasteiger partial charge in [0.1, 0.15) is 5.69 Å². The second kappa shape index (κ2) is 9.00. The number of carbonyl (C=O) groups excluding carboxylic acids is 1. The Morgan fingerprint density at radius 2 is 1.72 bits per heavy atom. The van der Waals surface area contributed by atoms with Crippen molar-refractivity contribution in [3.05, 3.63) is 80.6 Å². The van der Waals surface area contributed by atoms with Gasteiger partial charge in [-0.1, -0.05) is 23.7 Å². The summed E-state index contributed by atoms with van der Waals surface area (Å²) in [6.07, 6.45) is 0.275. The lowest BCUT2D eigenvalue weighted by Crippen LogP contribution is -2.49. The van der Waals surface area contributed by atoms with Gasteiger partial charge in [0, 0.05) is 48.5 Å². The number of benzene rings is 2. The van der Waals surface area contributed by atoms with Gasteiger partial charge in [0.15, 0.2) is 0 Å². The molecule has 32 heavy (non-hydrogen) atoms. The van der Waals surface area contributed by atoms with Gasteiger partial charge in [-0.25, -0.2) is 4.68 Å². The van der Waals surface area contributed by atoms with Crippen molar-refractivity contribution in [2.45, 2.75) is 20.3 Å². The first-order chi connectivity index (χ1) is 15.3. The van der Waals surface area contributed by atoms with Gasteiger partial charge in [-0.05, 0) is 44.2 Å². The van der Waals surface area contributed by atoms with Crippen molar-refractivity contribution >= 4 is 28.9 Å². The van der Waals surface area contributed by atoms with E-state index in [-0.39, 0.29) is 22.9 Å². The summed E-state index contributed by atoms with van der Waals surface area (Å²) in [6.45, 7) is 6.03. The van der Waals surface area contributed by atoms with Crippen molar-refractivity contribution in [2.24, 2.45) is 0 Å². The van der Waals surface area contributed by atoms with Crippen molar-refractivity contribution in [1.82, 2.24) is 14.7 Å². The van der Waals surface area contributed by atoms with Gasteiger partial charge < -0.3 is 9.80 Å². The van der Waals surface area contributed by atoms with E-state index in [0.29, 0.717) is 36.9 Å². The number of para-hydroxylation sites is 2. The van der Waals surface area contributed by atoms with Crippen LogP contribution in [-0.4, -0.2) is 51.7 Å². The van der Waals surface area contributed by atoms with E-state index >= 15 is 0 Å². The van der Waals surface area contributed by atoms with E-state index in [1.54, 1.807) is 18.2 Å². The Bertz CT molecular complexity index is 1150. The van der Waals surface area contributed by atoms with E-state index in [2.05, 4.69) is 5.10 Å². The monoisotopic (exact) mass is 453 g/mol. The van der Waals surface area contributed by atoms with Crippen LogP contribution in [0.1, 0.15) is 17.0 Å². The predicted octanol–water partition coefficient (Wildman–Crippen LogP) is 3.94. The molecule has 1 saturated heterocycles. The van der Waals surface area contributed by atoms with Gasteiger partial charge in [0.2, 0.25) is 5.91 Å². The zero-order chi connectivity index (χ0) is 22.8. The second-order valence-corrected chi connectivity index (χ2v) is 8.26. The molecule has 4 rings (SSSR count). The average molecular weight is 454 g/mol. The maximum Gasteiger partial charge on any atom is 0.292 e. The van der Waals surface area contributed by atoms with Crippen LogP contribution >= 0.6 is 11.6 Å². The van der Waals surface area contributed by atoms with Crippen LogP contribution in [0.2, 0.25) is 5.02 Å². The predicted molar refractivity (Wildman–Crippen MR) is 124 cm³/mol. The summed E-state index contributed by atoms with van der Waals surface area (Å²) in [5.74, 6) is 0.0362. The Morgan fingerprint density at radius 3 is 2.38 bits per heavy atom. The normalized spacial score (nSPS) is 14.0. The highest BCUT2D eigenvalue weighted by atomic mass is 35.5. The number of halogens is 1. The molecule has 0 saturated carbocycles. The lowest BCUT2D eigenvalue weighted by Gasteiger charge is -2.35. The number of hydrogen-bond acceptors (Lipinski definition) is 5.